The first-order chi connectivity index (χ1) is 13.6. The van der Waals surface area contributed by atoms with Crippen molar-refractivity contribution in [1.29, 1.82) is 0 Å². The number of morpholine rings is 1. The fraction of sp³-hybridized carbons (Fsp3) is 0.591. The molecule has 28 heavy (non-hydrogen) atoms. The summed E-state index contributed by atoms with van der Waals surface area (Å²) in [6.45, 7) is 9.56. The monoisotopic (exact) mass is 383 g/mol. The second-order valence-corrected chi connectivity index (χ2v) is 7.46. The maximum atomic E-state index is 6.14. The highest BCUT2D eigenvalue weighted by Gasteiger charge is 2.20. The van der Waals surface area contributed by atoms with E-state index in [-0.39, 0.29) is 0 Å². The molecule has 0 aliphatic carbocycles. The molecule has 2 N–H and O–H groups in total. The molecule has 1 aromatic rings. The summed E-state index contributed by atoms with van der Waals surface area (Å²) in [5.74, 6) is 1.44. The van der Waals surface area contributed by atoms with Crippen molar-refractivity contribution in [3.8, 4) is 0 Å². The van der Waals surface area contributed by atoms with Crippen LogP contribution in [0.3, 0.4) is 0 Å². The van der Waals surface area contributed by atoms with Crippen molar-refractivity contribution in [3.63, 3.8) is 0 Å². The minimum atomic E-state index is 0.639. The van der Waals surface area contributed by atoms with Gasteiger partial charge in [-0.3, -0.25) is 0 Å². The van der Waals surface area contributed by atoms with Crippen LogP contribution in [0, 0.1) is 6.92 Å². The second kappa shape index (κ2) is 9.82. The van der Waals surface area contributed by atoms with Gasteiger partial charge in [0, 0.05) is 30.6 Å². The fourth-order valence-electron chi connectivity index (χ4n) is 3.68. The number of allylic oxidation sites excluding steroid dienone is 3. The van der Waals surface area contributed by atoms with E-state index in [1.54, 1.807) is 0 Å². The van der Waals surface area contributed by atoms with E-state index in [1.807, 2.05) is 6.21 Å². The highest BCUT2D eigenvalue weighted by atomic mass is 16.5. The summed E-state index contributed by atoms with van der Waals surface area (Å²) >= 11 is 0. The quantitative estimate of drug-likeness (QED) is 0.725. The number of ether oxygens (including phenoxy) is 1. The van der Waals surface area contributed by atoms with Gasteiger partial charge >= 0.3 is 0 Å². The van der Waals surface area contributed by atoms with Crippen LogP contribution in [-0.4, -0.2) is 42.5 Å². The van der Waals surface area contributed by atoms with Gasteiger partial charge in [0.15, 0.2) is 0 Å². The molecule has 1 aromatic heterocycles. The van der Waals surface area contributed by atoms with Crippen molar-refractivity contribution in [1.82, 2.24) is 9.97 Å². The SMILES string of the molecule is CCCCCc1c(C)nc(N2CCOCC2)nc1C1=CCC(CC)=C(N)N=C1. The van der Waals surface area contributed by atoms with Gasteiger partial charge in [-0.2, -0.15) is 0 Å². The first kappa shape index (κ1) is 20.5. The van der Waals surface area contributed by atoms with E-state index in [4.69, 9.17) is 20.4 Å². The number of unbranched alkanes of at least 4 members (excludes halogenated alkanes) is 2. The summed E-state index contributed by atoms with van der Waals surface area (Å²) in [4.78, 5) is 16.6. The van der Waals surface area contributed by atoms with Crippen LogP contribution in [0.5, 0.6) is 0 Å². The largest absolute Gasteiger partial charge is 0.384 e. The number of nitrogens with zero attached hydrogens (tertiary/aromatic N) is 4. The summed E-state index contributed by atoms with van der Waals surface area (Å²) in [7, 11) is 0. The smallest absolute Gasteiger partial charge is 0.226 e. The third kappa shape index (κ3) is 4.79. The lowest BCUT2D eigenvalue weighted by Gasteiger charge is -2.28. The zero-order valence-corrected chi connectivity index (χ0v) is 17.5. The lowest BCUT2D eigenvalue weighted by molar-refractivity contribution is 0.122. The average molecular weight is 384 g/mol. The summed E-state index contributed by atoms with van der Waals surface area (Å²) in [5.41, 5.74) is 11.7. The van der Waals surface area contributed by atoms with E-state index < -0.39 is 0 Å². The summed E-state index contributed by atoms with van der Waals surface area (Å²) < 4.78 is 5.49. The van der Waals surface area contributed by atoms with Gasteiger partial charge in [-0.15, -0.1) is 0 Å². The molecule has 0 spiro atoms. The van der Waals surface area contributed by atoms with Crippen LogP contribution >= 0.6 is 0 Å². The molecule has 0 unspecified atom stereocenters. The maximum Gasteiger partial charge on any atom is 0.226 e. The van der Waals surface area contributed by atoms with Crippen molar-refractivity contribution in [2.24, 2.45) is 10.7 Å². The topological polar surface area (TPSA) is 76.6 Å². The molecule has 2 aliphatic heterocycles. The summed E-state index contributed by atoms with van der Waals surface area (Å²) in [5, 5.41) is 0. The Bertz CT molecular complexity index is 775. The minimum Gasteiger partial charge on any atom is -0.384 e. The van der Waals surface area contributed by atoms with E-state index in [2.05, 4.69) is 36.7 Å². The van der Waals surface area contributed by atoms with Crippen LogP contribution in [0.15, 0.2) is 22.5 Å². The molecular weight excluding hydrogens is 350 g/mol. The Balaban J connectivity index is 1.99. The zero-order chi connectivity index (χ0) is 19.9. The fourth-order valence-corrected chi connectivity index (χ4v) is 3.68. The van der Waals surface area contributed by atoms with Crippen molar-refractivity contribution >= 4 is 17.7 Å². The number of anilines is 1. The number of aromatic nitrogens is 2. The number of hydrogen-bond acceptors (Lipinski definition) is 6. The molecule has 6 nitrogen and oxygen atoms in total. The number of aliphatic imine (C=N–C) groups is 1. The zero-order valence-electron chi connectivity index (χ0n) is 17.5. The number of rotatable bonds is 7. The molecule has 1 fully saturated rings. The second-order valence-electron chi connectivity index (χ2n) is 7.46. The lowest BCUT2D eigenvalue weighted by atomic mass is 9.98. The van der Waals surface area contributed by atoms with E-state index in [1.165, 1.54) is 24.0 Å². The molecule has 3 rings (SSSR count). The minimum absolute atomic E-state index is 0.639. The first-order valence-electron chi connectivity index (χ1n) is 10.6. The van der Waals surface area contributed by atoms with Gasteiger partial charge in [0.1, 0.15) is 5.82 Å². The molecule has 0 aromatic carbocycles. The van der Waals surface area contributed by atoms with Crippen molar-refractivity contribution in [3.05, 3.63) is 34.4 Å². The van der Waals surface area contributed by atoms with E-state index >= 15 is 0 Å². The Labute approximate surface area is 168 Å². The molecular formula is C22H33N5O. The molecule has 6 heteroatoms. The van der Waals surface area contributed by atoms with Crippen LogP contribution in [0.4, 0.5) is 5.95 Å². The van der Waals surface area contributed by atoms with Crippen molar-refractivity contribution in [2.75, 3.05) is 31.2 Å². The van der Waals surface area contributed by atoms with Crippen LogP contribution < -0.4 is 10.6 Å². The molecule has 0 saturated carbocycles. The normalized spacial score (nSPS) is 17.7. The molecule has 1 saturated heterocycles. The van der Waals surface area contributed by atoms with Gasteiger partial charge in [0.05, 0.1) is 18.9 Å². The molecule has 0 bridgehead atoms. The van der Waals surface area contributed by atoms with Gasteiger partial charge in [-0.1, -0.05) is 32.8 Å². The summed E-state index contributed by atoms with van der Waals surface area (Å²) in [6.07, 6.45) is 10.4. The predicted octanol–water partition coefficient (Wildman–Crippen LogP) is 3.79. The molecule has 2 aliphatic rings. The molecule has 152 valence electrons. The van der Waals surface area contributed by atoms with Crippen molar-refractivity contribution in [2.45, 2.75) is 59.3 Å². The molecule has 3 heterocycles. The Morgan fingerprint density at radius 1 is 1.14 bits per heavy atom. The average Bonchev–Trinajstić information content (AvgIpc) is 2.91. The molecule has 0 radical (unpaired) electrons. The molecule has 0 atom stereocenters. The van der Waals surface area contributed by atoms with Gasteiger partial charge < -0.3 is 15.4 Å². The Kier molecular flexibility index (Phi) is 7.20. The van der Waals surface area contributed by atoms with Gasteiger partial charge in [0.25, 0.3) is 0 Å². The molecule has 0 amide bonds. The van der Waals surface area contributed by atoms with Crippen LogP contribution in [0.1, 0.15) is 62.9 Å². The van der Waals surface area contributed by atoms with E-state index in [0.29, 0.717) is 5.82 Å². The van der Waals surface area contributed by atoms with E-state index in [0.717, 1.165) is 74.9 Å². The number of aryl methyl sites for hydroxylation is 1. The third-order valence-electron chi connectivity index (χ3n) is 5.50. The van der Waals surface area contributed by atoms with Gasteiger partial charge in [-0.25, -0.2) is 15.0 Å². The number of nitrogens with two attached hydrogens (primary N) is 1. The van der Waals surface area contributed by atoms with Crippen LogP contribution in [0.25, 0.3) is 5.57 Å². The Morgan fingerprint density at radius 2 is 1.93 bits per heavy atom. The van der Waals surface area contributed by atoms with Crippen molar-refractivity contribution < 1.29 is 4.74 Å². The highest BCUT2D eigenvalue weighted by molar-refractivity contribution is 6.10. The highest BCUT2D eigenvalue weighted by Crippen LogP contribution is 2.27. The third-order valence-corrected chi connectivity index (χ3v) is 5.50. The van der Waals surface area contributed by atoms with Gasteiger partial charge in [-0.05, 0) is 43.7 Å². The Morgan fingerprint density at radius 3 is 2.64 bits per heavy atom. The van der Waals surface area contributed by atoms with Crippen LogP contribution in [-0.2, 0) is 11.2 Å². The van der Waals surface area contributed by atoms with Crippen LogP contribution in [0.2, 0.25) is 0 Å². The standard InChI is InChI=1S/C22H33N5O/c1-4-6-7-8-19-16(3)25-22(27-11-13-28-14-12-27)26-20(19)18-10-9-17(5-2)21(23)24-15-18/h10,15H,4-9,11-14,23H2,1-3H3. The predicted molar refractivity (Wildman–Crippen MR) is 116 cm³/mol. The maximum absolute atomic E-state index is 6.14. The first-order valence-corrected chi connectivity index (χ1v) is 10.6. The lowest BCUT2D eigenvalue weighted by Crippen LogP contribution is -2.37. The van der Waals surface area contributed by atoms with Gasteiger partial charge in [0.2, 0.25) is 5.95 Å². The number of hydrogen-bond donors (Lipinski definition) is 1. The van der Waals surface area contributed by atoms with E-state index in [9.17, 15) is 0 Å². The Hall–Kier alpha value is -2.21. The summed E-state index contributed by atoms with van der Waals surface area (Å²) in [6, 6.07) is 0.